The second kappa shape index (κ2) is 8.15. The van der Waals surface area contributed by atoms with Crippen LogP contribution in [0.1, 0.15) is 25.0 Å². The molecule has 2 rings (SSSR count). The Balaban J connectivity index is 2.00. The summed E-state index contributed by atoms with van der Waals surface area (Å²) in [5.74, 6) is 0.700. The Morgan fingerprint density at radius 2 is 1.52 bits per heavy atom. The van der Waals surface area contributed by atoms with Crippen LogP contribution in [0.2, 0.25) is 0 Å². The molecule has 122 valence electrons. The Hall–Kier alpha value is -1.82. The van der Waals surface area contributed by atoms with Gasteiger partial charge in [0.15, 0.2) is 5.12 Å². The molecular weight excluding hydrogens is 312 g/mol. The van der Waals surface area contributed by atoms with E-state index in [1.54, 1.807) is 24.3 Å². The Bertz CT molecular complexity index is 637. The van der Waals surface area contributed by atoms with Gasteiger partial charge in [-0.05, 0) is 35.2 Å². The highest BCUT2D eigenvalue weighted by Gasteiger charge is 2.18. The zero-order valence-electron chi connectivity index (χ0n) is 12.8. The molecule has 0 bridgehead atoms. The largest absolute Gasteiger partial charge is 0.508 e. The number of thioether (sulfide) groups is 1. The predicted octanol–water partition coefficient (Wildman–Crippen LogP) is 3.12. The molecule has 2 aromatic carbocycles. The summed E-state index contributed by atoms with van der Waals surface area (Å²) in [7, 11) is 0. The Labute approximate surface area is 139 Å². The van der Waals surface area contributed by atoms with Crippen LogP contribution in [0, 0.1) is 0 Å². The highest BCUT2D eigenvalue weighted by Crippen LogP contribution is 2.26. The van der Waals surface area contributed by atoms with Gasteiger partial charge in [0.2, 0.25) is 0 Å². The fourth-order valence-corrected chi connectivity index (χ4v) is 2.88. The van der Waals surface area contributed by atoms with Gasteiger partial charge < -0.3 is 15.3 Å². The minimum absolute atomic E-state index is 0.00457. The van der Waals surface area contributed by atoms with E-state index in [-0.39, 0.29) is 10.9 Å². The maximum Gasteiger partial charge on any atom is 0.185 e. The maximum atomic E-state index is 10.9. The van der Waals surface area contributed by atoms with Crippen LogP contribution in [0.5, 0.6) is 5.75 Å². The molecule has 2 unspecified atom stereocenters. The Morgan fingerprint density at radius 1 is 1.00 bits per heavy atom. The average molecular weight is 332 g/mol. The van der Waals surface area contributed by atoms with Crippen LogP contribution in [0.4, 0.5) is 0 Å². The highest BCUT2D eigenvalue weighted by atomic mass is 32.2. The number of aromatic hydroxyl groups is 1. The highest BCUT2D eigenvalue weighted by molar-refractivity contribution is 8.13. The molecule has 0 aliphatic heterocycles. The summed E-state index contributed by atoms with van der Waals surface area (Å²) >= 11 is 1.14. The van der Waals surface area contributed by atoms with Crippen molar-refractivity contribution in [3.63, 3.8) is 0 Å². The van der Waals surface area contributed by atoms with Crippen molar-refractivity contribution in [3.05, 3.63) is 54.1 Å². The van der Waals surface area contributed by atoms with E-state index in [9.17, 15) is 20.1 Å². The molecule has 2 atom stereocenters. The quantitative estimate of drug-likeness (QED) is 0.757. The zero-order valence-corrected chi connectivity index (χ0v) is 13.7. The first-order chi connectivity index (χ1) is 11.0. The van der Waals surface area contributed by atoms with Crippen molar-refractivity contribution in [2.24, 2.45) is 0 Å². The molecule has 0 saturated heterocycles. The van der Waals surface area contributed by atoms with Gasteiger partial charge in [-0.3, -0.25) is 4.79 Å². The van der Waals surface area contributed by atoms with Gasteiger partial charge in [0, 0.05) is 12.7 Å². The van der Waals surface area contributed by atoms with Gasteiger partial charge in [-0.1, -0.05) is 48.2 Å². The summed E-state index contributed by atoms with van der Waals surface area (Å²) in [5.41, 5.74) is 2.55. The third kappa shape index (κ3) is 5.10. The van der Waals surface area contributed by atoms with Crippen LogP contribution in [-0.4, -0.2) is 32.3 Å². The molecule has 3 N–H and O–H groups in total. The van der Waals surface area contributed by atoms with E-state index in [2.05, 4.69) is 0 Å². The third-order valence-electron chi connectivity index (χ3n) is 3.54. The molecule has 0 radical (unpaired) electrons. The van der Waals surface area contributed by atoms with Crippen LogP contribution in [0.25, 0.3) is 11.1 Å². The standard InChI is InChI=1S/C18H20O4S/c1-12(19)23-11-10-17(21)18(22)15-4-2-13(3-5-15)14-6-8-16(20)9-7-14/h2-9,17-18,20-22H,10-11H2,1H3. The lowest BCUT2D eigenvalue weighted by Gasteiger charge is -2.18. The first-order valence-electron chi connectivity index (χ1n) is 7.36. The summed E-state index contributed by atoms with van der Waals surface area (Å²) in [5, 5.41) is 29.5. The minimum atomic E-state index is -0.976. The molecule has 5 heteroatoms. The Kier molecular flexibility index (Phi) is 6.21. The van der Waals surface area contributed by atoms with Crippen LogP contribution in [0.15, 0.2) is 48.5 Å². The van der Waals surface area contributed by atoms with Crippen LogP contribution < -0.4 is 0 Å². The molecule has 0 aromatic heterocycles. The molecule has 0 aliphatic rings. The van der Waals surface area contributed by atoms with Crippen molar-refractivity contribution < 1.29 is 20.1 Å². The van der Waals surface area contributed by atoms with Crippen molar-refractivity contribution in [2.75, 3.05) is 5.75 Å². The lowest BCUT2D eigenvalue weighted by Crippen LogP contribution is -2.19. The van der Waals surface area contributed by atoms with E-state index < -0.39 is 12.2 Å². The molecule has 2 aromatic rings. The number of rotatable bonds is 6. The molecule has 0 spiro atoms. The molecule has 0 fully saturated rings. The smallest absolute Gasteiger partial charge is 0.185 e. The number of carbonyl (C=O) groups excluding carboxylic acids is 1. The lowest BCUT2D eigenvalue weighted by molar-refractivity contribution is -0.109. The van der Waals surface area contributed by atoms with E-state index in [0.717, 1.165) is 22.9 Å². The van der Waals surface area contributed by atoms with Crippen molar-refractivity contribution in [1.82, 2.24) is 0 Å². The number of hydrogen-bond donors (Lipinski definition) is 3. The fourth-order valence-electron chi connectivity index (χ4n) is 2.23. The van der Waals surface area contributed by atoms with Gasteiger partial charge in [-0.2, -0.15) is 0 Å². The van der Waals surface area contributed by atoms with Gasteiger partial charge in [0.25, 0.3) is 0 Å². The molecule has 0 amide bonds. The number of phenolic OH excluding ortho intramolecular Hbond substituents is 1. The van der Waals surface area contributed by atoms with E-state index in [4.69, 9.17) is 0 Å². The number of benzene rings is 2. The van der Waals surface area contributed by atoms with Crippen molar-refractivity contribution >= 4 is 16.9 Å². The average Bonchev–Trinajstić information content (AvgIpc) is 2.54. The van der Waals surface area contributed by atoms with Gasteiger partial charge >= 0.3 is 0 Å². The normalized spacial score (nSPS) is 13.5. The van der Waals surface area contributed by atoms with Crippen molar-refractivity contribution in [1.29, 1.82) is 0 Å². The Morgan fingerprint density at radius 3 is 2.04 bits per heavy atom. The van der Waals surface area contributed by atoms with E-state index >= 15 is 0 Å². The number of aliphatic hydroxyl groups is 2. The van der Waals surface area contributed by atoms with E-state index in [1.807, 2.05) is 24.3 Å². The lowest BCUT2D eigenvalue weighted by atomic mass is 9.99. The molecular formula is C18H20O4S. The van der Waals surface area contributed by atoms with Crippen LogP contribution >= 0.6 is 11.8 Å². The van der Waals surface area contributed by atoms with Crippen LogP contribution in [-0.2, 0) is 4.79 Å². The number of phenols is 1. The second-order valence-electron chi connectivity index (χ2n) is 5.31. The summed E-state index contributed by atoms with van der Waals surface area (Å²) in [6.07, 6.45) is -1.52. The van der Waals surface area contributed by atoms with Crippen LogP contribution in [0.3, 0.4) is 0 Å². The topological polar surface area (TPSA) is 77.8 Å². The van der Waals surface area contributed by atoms with Gasteiger partial charge in [-0.15, -0.1) is 0 Å². The van der Waals surface area contributed by atoms with Gasteiger partial charge in [-0.25, -0.2) is 0 Å². The number of aliphatic hydroxyl groups excluding tert-OH is 2. The SMILES string of the molecule is CC(=O)SCCC(O)C(O)c1ccc(-c2ccc(O)cc2)cc1. The van der Waals surface area contributed by atoms with Crippen molar-refractivity contribution in [3.8, 4) is 16.9 Å². The zero-order chi connectivity index (χ0) is 16.8. The summed E-state index contributed by atoms with van der Waals surface area (Å²) < 4.78 is 0. The van der Waals surface area contributed by atoms with Gasteiger partial charge in [0.05, 0.1) is 6.10 Å². The molecule has 23 heavy (non-hydrogen) atoms. The number of carbonyl (C=O) groups is 1. The van der Waals surface area contributed by atoms with Gasteiger partial charge in [0.1, 0.15) is 11.9 Å². The molecule has 4 nitrogen and oxygen atoms in total. The number of hydrogen-bond acceptors (Lipinski definition) is 5. The second-order valence-corrected chi connectivity index (χ2v) is 6.58. The maximum absolute atomic E-state index is 10.9. The predicted molar refractivity (Wildman–Crippen MR) is 92.3 cm³/mol. The van der Waals surface area contributed by atoms with E-state index in [1.165, 1.54) is 6.92 Å². The first kappa shape index (κ1) is 17.5. The first-order valence-corrected chi connectivity index (χ1v) is 8.35. The molecule has 0 aliphatic carbocycles. The third-order valence-corrected chi connectivity index (χ3v) is 4.38. The minimum Gasteiger partial charge on any atom is -0.508 e. The summed E-state index contributed by atoms with van der Waals surface area (Å²) in [6, 6.07) is 14.1. The van der Waals surface area contributed by atoms with Crippen molar-refractivity contribution in [2.45, 2.75) is 25.6 Å². The van der Waals surface area contributed by atoms with E-state index in [0.29, 0.717) is 17.7 Å². The molecule has 0 saturated carbocycles. The summed E-state index contributed by atoms with van der Waals surface area (Å²) in [4.78, 5) is 10.9. The fraction of sp³-hybridized carbons (Fsp3) is 0.278. The summed E-state index contributed by atoms with van der Waals surface area (Å²) in [6.45, 7) is 1.48. The molecule has 0 heterocycles. The monoisotopic (exact) mass is 332 g/mol.